The molecule has 0 radical (unpaired) electrons. The second kappa shape index (κ2) is 5.79. The van der Waals surface area contributed by atoms with Crippen LogP contribution in [0.1, 0.15) is 10.6 Å². The number of rotatable bonds is 5. The molecule has 0 N–H and O–H groups in total. The number of ether oxygens (including phenoxy) is 1. The van der Waals surface area contributed by atoms with Crippen LogP contribution in [0, 0.1) is 10.1 Å². The lowest BCUT2D eigenvalue weighted by Gasteiger charge is -2.06. The molecule has 1 aromatic heterocycles. The Bertz CT molecular complexity index is 545. The number of halogens is 1. The minimum Gasteiger partial charge on any atom is -0.479 e. The van der Waals surface area contributed by atoms with Gasteiger partial charge in [-0.15, -0.1) is 22.9 Å². The van der Waals surface area contributed by atoms with E-state index < -0.39 is 4.92 Å². The maximum Gasteiger partial charge on any atom is 0.310 e. The molecule has 1 heterocycles. The van der Waals surface area contributed by atoms with E-state index in [-0.39, 0.29) is 23.9 Å². The number of hydrogen-bond acceptors (Lipinski definition) is 5. The third kappa shape index (κ3) is 2.96. The van der Waals surface area contributed by atoms with E-state index in [4.69, 9.17) is 16.3 Å². The Morgan fingerprint density at radius 2 is 2.33 bits per heavy atom. The van der Waals surface area contributed by atoms with Crippen LogP contribution in [0.3, 0.4) is 0 Å². The van der Waals surface area contributed by atoms with Crippen molar-refractivity contribution in [1.82, 2.24) is 4.98 Å². The van der Waals surface area contributed by atoms with Gasteiger partial charge in [-0.3, -0.25) is 10.1 Å². The summed E-state index contributed by atoms with van der Waals surface area (Å²) in [6, 6.07) is 4.59. The van der Waals surface area contributed by atoms with E-state index in [0.29, 0.717) is 0 Å². The molecule has 0 amide bonds. The van der Waals surface area contributed by atoms with E-state index in [1.807, 2.05) is 5.38 Å². The molecule has 0 saturated carbocycles. The van der Waals surface area contributed by atoms with Crippen LogP contribution in [0.5, 0.6) is 5.75 Å². The molecule has 0 aliphatic carbocycles. The summed E-state index contributed by atoms with van der Waals surface area (Å²) in [7, 11) is 0. The van der Waals surface area contributed by atoms with Crippen LogP contribution in [0.4, 0.5) is 5.69 Å². The largest absolute Gasteiger partial charge is 0.479 e. The van der Waals surface area contributed by atoms with Gasteiger partial charge in [-0.05, 0) is 11.6 Å². The summed E-state index contributed by atoms with van der Waals surface area (Å²) in [6.45, 7) is 0.213. The summed E-state index contributed by atoms with van der Waals surface area (Å²) in [5, 5.41) is 13.4. The van der Waals surface area contributed by atoms with Gasteiger partial charge in [0.1, 0.15) is 11.6 Å². The molecule has 1 aromatic carbocycles. The monoisotopic (exact) mass is 284 g/mol. The highest BCUT2D eigenvalue weighted by molar-refractivity contribution is 7.09. The zero-order valence-corrected chi connectivity index (χ0v) is 10.8. The first-order valence-corrected chi connectivity index (χ1v) is 6.46. The van der Waals surface area contributed by atoms with Crippen molar-refractivity contribution in [1.29, 1.82) is 0 Å². The normalized spacial score (nSPS) is 10.3. The molecule has 0 saturated heterocycles. The van der Waals surface area contributed by atoms with Crippen molar-refractivity contribution in [2.75, 3.05) is 0 Å². The predicted molar refractivity (Wildman–Crippen MR) is 69.1 cm³/mol. The highest BCUT2D eigenvalue weighted by atomic mass is 35.5. The van der Waals surface area contributed by atoms with E-state index in [9.17, 15) is 10.1 Å². The molecule has 0 bridgehead atoms. The number of aromatic nitrogens is 1. The molecule has 2 aromatic rings. The van der Waals surface area contributed by atoms with E-state index in [1.165, 1.54) is 17.4 Å². The third-order valence-corrected chi connectivity index (χ3v) is 3.27. The van der Waals surface area contributed by atoms with Crippen LogP contribution in [0.2, 0.25) is 0 Å². The fourth-order valence-electron chi connectivity index (χ4n) is 1.37. The van der Waals surface area contributed by atoms with Gasteiger partial charge in [0.05, 0.1) is 4.92 Å². The summed E-state index contributed by atoms with van der Waals surface area (Å²) in [6.07, 6.45) is 1.66. The smallest absolute Gasteiger partial charge is 0.310 e. The molecule has 0 unspecified atom stereocenters. The molecule has 5 nitrogen and oxygen atoms in total. The van der Waals surface area contributed by atoms with Gasteiger partial charge in [-0.25, -0.2) is 4.98 Å². The Morgan fingerprint density at radius 1 is 1.50 bits per heavy atom. The zero-order chi connectivity index (χ0) is 13.0. The van der Waals surface area contributed by atoms with E-state index in [0.717, 1.165) is 10.6 Å². The summed E-state index contributed by atoms with van der Waals surface area (Å²) < 4.78 is 5.43. The van der Waals surface area contributed by atoms with Gasteiger partial charge in [0.2, 0.25) is 0 Å². The van der Waals surface area contributed by atoms with Crippen LogP contribution in [0.15, 0.2) is 29.8 Å². The van der Waals surface area contributed by atoms with Crippen molar-refractivity contribution in [3.05, 3.63) is 50.5 Å². The van der Waals surface area contributed by atoms with E-state index in [1.54, 1.807) is 18.3 Å². The summed E-state index contributed by atoms with van der Waals surface area (Å²) in [5.41, 5.74) is 0.705. The molecule has 0 spiro atoms. The Kier molecular flexibility index (Phi) is 4.11. The van der Waals surface area contributed by atoms with Gasteiger partial charge in [-0.1, -0.05) is 6.07 Å². The Hall–Kier alpha value is -1.66. The van der Waals surface area contributed by atoms with Crippen molar-refractivity contribution in [2.45, 2.75) is 12.5 Å². The van der Waals surface area contributed by atoms with E-state index in [2.05, 4.69) is 4.98 Å². The van der Waals surface area contributed by atoms with Gasteiger partial charge in [0.15, 0.2) is 5.75 Å². The highest BCUT2D eigenvalue weighted by Crippen LogP contribution is 2.29. The highest BCUT2D eigenvalue weighted by Gasteiger charge is 2.15. The number of thiazole rings is 1. The SMILES string of the molecule is O=[N+]([O-])c1ccc(CCl)cc1OCc1nccs1. The molecule has 0 aliphatic rings. The van der Waals surface area contributed by atoms with Gasteiger partial charge in [0, 0.05) is 23.5 Å². The van der Waals surface area contributed by atoms with Gasteiger partial charge in [0.25, 0.3) is 0 Å². The van der Waals surface area contributed by atoms with E-state index >= 15 is 0 Å². The maximum atomic E-state index is 10.9. The molecule has 0 atom stereocenters. The fraction of sp³-hybridized carbons (Fsp3) is 0.182. The lowest BCUT2D eigenvalue weighted by Crippen LogP contribution is -1.99. The molecule has 18 heavy (non-hydrogen) atoms. The Labute approximate surface area is 112 Å². The number of benzene rings is 1. The van der Waals surface area contributed by atoms with Crippen molar-refractivity contribution in [3.63, 3.8) is 0 Å². The molecule has 7 heteroatoms. The second-order valence-corrected chi connectivity index (χ2v) is 4.65. The third-order valence-electron chi connectivity index (χ3n) is 2.21. The second-order valence-electron chi connectivity index (χ2n) is 3.41. The summed E-state index contributed by atoms with van der Waals surface area (Å²) in [4.78, 5) is 14.4. The van der Waals surface area contributed by atoms with Gasteiger partial charge in [-0.2, -0.15) is 0 Å². The van der Waals surface area contributed by atoms with Crippen molar-refractivity contribution in [2.24, 2.45) is 0 Å². The maximum absolute atomic E-state index is 10.9. The first-order valence-electron chi connectivity index (χ1n) is 5.05. The van der Waals surface area contributed by atoms with Gasteiger partial charge < -0.3 is 4.74 Å². The fourth-order valence-corrected chi connectivity index (χ4v) is 2.07. The average molecular weight is 285 g/mol. The minimum absolute atomic E-state index is 0.0691. The Morgan fingerprint density at radius 3 is 2.94 bits per heavy atom. The standard InChI is InChI=1S/C11H9ClN2O3S/c12-6-8-1-2-9(14(15)16)10(5-8)17-7-11-13-3-4-18-11/h1-5H,6-7H2. The topological polar surface area (TPSA) is 65.3 Å². The lowest BCUT2D eigenvalue weighted by atomic mass is 10.2. The molecular formula is C11H9ClN2O3S. The molecule has 2 rings (SSSR count). The number of alkyl halides is 1. The molecule has 0 aliphatic heterocycles. The Balaban J connectivity index is 2.20. The number of nitrogens with zero attached hydrogens (tertiary/aromatic N) is 2. The quantitative estimate of drug-likeness (QED) is 0.480. The lowest BCUT2D eigenvalue weighted by molar-refractivity contribution is -0.386. The number of nitro groups is 1. The van der Waals surface area contributed by atoms with Crippen LogP contribution in [-0.4, -0.2) is 9.91 Å². The average Bonchev–Trinajstić information content (AvgIpc) is 2.88. The summed E-state index contributed by atoms with van der Waals surface area (Å²) in [5.74, 6) is 0.499. The van der Waals surface area contributed by atoms with Gasteiger partial charge >= 0.3 is 5.69 Å². The van der Waals surface area contributed by atoms with Crippen molar-refractivity contribution in [3.8, 4) is 5.75 Å². The minimum atomic E-state index is -0.477. The first-order chi connectivity index (χ1) is 8.70. The first kappa shape index (κ1) is 12.8. The number of nitro benzene ring substituents is 1. The zero-order valence-electron chi connectivity index (χ0n) is 9.21. The van der Waals surface area contributed by atoms with Crippen molar-refractivity contribution < 1.29 is 9.66 Å². The molecule has 0 fully saturated rings. The van der Waals surface area contributed by atoms with Crippen LogP contribution in [-0.2, 0) is 12.5 Å². The molecular weight excluding hydrogens is 276 g/mol. The predicted octanol–water partition coefficient (Wildman–Crippen LogP) is 3.37. The van der Waals surface area contributed by atoms with Crippen LogP contribution < -0.4 is 4.74 Å². The molecule has 94 valence electrons. The number of hydrogen-bond donors (Lipinski definition) is 0. The summed E-state index contributed by atoms with van der Waals surface area (Å²) >= 11 is 7.13. The van der Waals surface area contributed by atoms with Crippen LogP contribution in [0.25, 0.3) is 0 Å². The van der Waals surface area contributed by atoms with Crippen LogP contribution >= 0.6 is 22.9 Å². The van der Waals surface area contributed by atoms with Crippen molar-refractivity contribution >= 4 is 28.6 Å².